The van der Waals surface area contributed by atoms with Gasteiger partial charge in [-0.2, -0.15) is 0 Å². The summed E-state index contributed by atoms with van der Waals surface area (Å²) in [5.41, 5.74) is 6.11. The number of carbonyl (C=O) groups is 1. The Balaban J connectivity index is 2.08. The summed E-state index contributed by atoms with van der Waals surface area (Å²) < 4.78 is 1.77. The van der Waals surface area contributed by atoms with Crippen LogP contribution in [0.2, 0.25) is 0 Å². The molecular weight excluding hydrogens is 228 g/mol. The zero-order chi connectivity index (χ0) is 13.2. The molecule has 0 aromatic carbocycles. The van der Waals surface area contributed by atoms with Crippen LogP contribution in [0.15, 0.2) is 12.5 Å². The zero-order valence-corrected chi connectivity index (χ0v) is 11.1. The Morgan fingerprint density at radius 3 is 3.06 bits per heavy atom. The molecule has 3 N–H and O–H groups in total. The fourth-order valence-corrected chi connectivity index (χ4v) is 2.84. The van der Waals surface area contributed by atoms with Crippen molar-refractivity contribution in [3.63, 3.8) is 0 Å². The van der Waals surface area contributed by atoms with Crippen LogP contribution < -0.4 is 11.1 Å². The summed E-state index contributed by atoms with van der Waals surface area (Å²) in [6.45, 7) is 2.71. The standard InChI is InChI=1S/C13H22N4O/c1-10-4-3-5-13(6-10,8-14)16-12(18)11-7-17(2)9-15-11/h7,9-10H,3-6,8,14H2,1-2H3,(H,16,18). The number of rotatable bonds is 3. The van der Waals surface area contributed by atoms with Gasteiger partial charge in [-0.25, -0.2) is 4.98 Å². The normalized spacial score (nSPS) is 28.1. The highest BCUT2D eigenvalue weighted by molar-refractivity contribution is 5.92. The largest absolute Gasteiger partial charge is 0.344 e. The summed E-state index contributed by atoms with van der Waals surface area (Å²) in [7, 11) is 1.85. The summed E-state index contributed by atoms with van der Waals surface area (Å²) in [5.74, 6) is 0.501. The van der Waals surface area contributed by atoms with Gasteiger partial charge in [-0.15, -0.1) is 0 Å². The maximum absolute atomic E-state index is 12.2. The van der Waals surface area contributed by atoms with Crippen LogP contribution in [0.5, 0.6) is 0 Å². The van der Waals surface area contributed by atoms with Crippen molar-refractivity contribution in [1.29, 1.82) is 0 Å². The molecular formula is C13H22N4O. The van der Waals surface area contributed by atoms with E-state index in [0.717, 1.165) is 19.3 Å². The highest BCUT2D eigenvalue weighted by Gasteiger charge is 2.35. The van der Waals surface area contributed by atoms with Gasteiger partial charge in [-0.05, 0) is 18.8 Å². The lowest BCUT2D eigenvalue weighted by Crippen LogP contribution is -2.56. The average molecular weight is 250 g/mol. The first-order chi connectivity index (χ1) is 8.54. The number of hydrogen-bond acceptors (Lipinski definition) is 3. The predicted octanol–water partition coefficient (Wildman–Crippen LogP) is 1.06. The summed E-state index contributed by atoms with van der Waals surface area (Å²) in [4.78, 5) is 16.2. The van der Waals surface area contributed by atoms with E-state index in [4.69, 9.17) is 5.73 Å². The Morgan fingerprint density at radius 2 is 2.50 bits per heavy atom. The van der Waals surface area contributed by atoms with E-state index in [2.05, 4.69) is 17.2 Å². The average Bonchev–Trinajstić information content (AvgIpc) is 2.76. The number of imidazole rings is 1. The van der Waals surface area contributed by atoms with Crippen molar-refractivity contribution in [2.75, 3.05) is 6.54 Å². The second-order valence-electron chi connectivity index (χ2n) is 5.56. The van der Waals surface area contributed by atoms with Gasteiger partial charge >= 0.3 is 0 Å². The SMILES string of the molecule is CC1CCCC(CN)(NC(=O)c2cn(C)cn2)C1. The number of aryl methyl sites for hydroxylation is 1. The van der Waals surface area contributed by atoms with Crippen LogP contribution in [0.1, 0.15) is 43.1 Å². The third-order valence-corrected chi connectivity index (χ3v) is 3.80. The van der Waals surface area contributed by atoms with Crippen molar-refractivity contribution in [1.82, 2.24) is 14.9 Å². The van der Waals surface area contributed by atoms with E-state index in [-0.39, 0.29) is 11.4 Å². The van der Waals surface area contributed by atoms with Crippen molar-refractivity contribution in [3.05, 3.63) is 18.2 Å². The van der Waals surface area contributed by atoms with Crippen molar-refractivity contribution < 1.29 is 4.79 Å². The first kappa shape index (κ1) is 13.1. The minimum absolute atomic E-state index is 0.116. The smallest absolute Gasteiger partial charge is 0.271 e. The summed E-state index contributed by atoms with van der Waals surface area (Å²) in [6, 6.07) is 0. The molecule has 5 nitrogen and oxygen atoms in total. The van der Waals surface area contributed by atoms with Crippen LogP contribution in [0.25, 0.3) is 0 Å². The molecule has 2 atom stereocenters. The lowest BCUT2D eigenvalue weighted by atomic mass is 9.76. The fourth-order valence-electron chi connectivity index (χ4n) is 2.84. The minimum Gasteiger partial charge on any atom is -0.344 e. The summed E-state index contributed by atoms with van der Waals surface area (Å²) >= 11 is 0. The molecule has 1 aliphatic rings. The number of nitrogens with zero attached hydrogens (tertiary/aromatic N) is 2. The molecule has 0 spiro atoms. The molecule has 0 saturated heterocycles. The first-order valence-electron chi connectivity index (χ1n) is 6.55. The Kier molecular flexibility index (Phi) is 3.71. The van der Waals surface area contributed by atoms with Gasteiger partial charge in [-0.3, -0.25) is 4.79 Å². The van der Waals surface area contributed by atoms with Gasteiger partial charge in [0.05, 0.1) is 11.9 Å². The number of carbonyl (C=O) groups excluding carboxylic acids is 1. The van der Waals surface area contributed by atoms with Crippen LogP contribution in [0.3, 0.4) is 0 Å². The zero-order valence-electron chi connectivity index (χ0n) is 11.1. The summed E-state index contributed by atoms with van der Waals surface area (Å²) in [5, 5.41) is 3.10. The van der Waals surface area contributed by atoms with E-state index >= 15 is 0 Å². The van der Waals surface area contributed by atoms with E-state index in [9.17, 15) is 4.79 Å². The molecule has 1 aromatic rings. The van der Waals surface area contributed by atoms with E-state index in [1.165, 1.54) is 6.42 Å². The third-order valence-electron chi connectivity index (χ3n) is 3.80. The Labute approximate surface area is 108 Å². The van der Waals surface area contributed by atoms with E-state index in [1.807, 2.05) is 7.05 Å². The highest BCUT2D eigenvalue weighted by atomic mass is 16.2. The molecule has 2 rings (SSSR count). The van der Waals surface area contributed by atoms with Gasteiger partial charge in [0.15, 0.2) is 0 Å². The molecule has 1 amide bonds. The van der Waals surface area contributed by atoms with Gasteiger partial charge in [0, 0.05) is 19.8 Å². The van der Waals surface area contributed by atoms with E-state index in [1.54, 1.807) is 17.1 Å². The molecule has 1 heterocycles. The third kappa shape index (κ3) is 2.72. The molecule has 2 unspecified atom stereocenters. The lowest BCUT2D eigenvalue weighted by molar-refractivity contribution is 0.0849. The number of nitrogens with one attached hydrogen (secondary N) is 1. The van der Waals surface area contributed by atoms with Crippen LogP contribution >= 0.6 is 0 Å². The molecule has 0 aliphatic heterocycles. The highest BCUT2D eigenvalue weighted by Crippen LogP contribution is 2.31. The molecule has 5 heteroatoms. The second-order valence-corrected chi connectivity index (χ2v) is 5.56. The maximum Gasteiger partial charge on any atom is 0.271 e. The Bertz CT molecular complexity index is 428. The number of hydrogen-bond donors (Lipinski definition) is 2. The van der Waals surface area contributed by atoms with Crippen LogP contribution in [0.4, 0.5) is 0 Å². The lowest BCUT2D eigenvalue weighted by Gasteiger charge is -2.39. The van der Waals surface area contributed by atoms with E-state index < -0.39 is 0 Å². The summed E-state index contributed by atoms with van der Waals surface area (Å²) in [6.07, 6.45) is 7.63. The van der Waals surface area contributed by atoms with Crippen molar-refractivity contribution in [2.45, 2.75) is 38.1 Å². The van der Waals surface area contributed by atoms with Gasteiger partial charge in [0.25, 0.3) is 5.91 Å². The molecule has 0 bridgehead atoms. The molecule has 1 saturated carbocycles. The fraction of sp³-hybridized carbons (Fsp3) is 0.692. The van der Waals surface area contributed by atoms with Gasteiger partial charge in [-0.1, -0.05) is 19.8 Å². The van der Waals surface area contributed by atoms with Gasteiger partial charge in [0.1, 0.15) is 5.69 Å². The monoisotopic (exact) mass is 250 g/mol. The quantitative estimate of drug-likeness (QED) is 0.842. The number of aromatic nitrogens is 2. The van der Waals surface area contributed by atoms with Crippen molar-refractivity contribution in [2.24, 2.45) is 18.7 Å². The molecule has 1 aliphatic carbocycles. The maximum atomic E-state index is 12.2. The molecule has 0 radical (unpaired) electrons. The predicted molar refractivity (Wildman–Crippen MR) is 70.1 cm³/mol. The van der Waals surface area contributed by atoms with Crippen LogP contribution in [-0.2, 0) is 7.05 Å². The van der Waals surface area contributed by atoms with Crippen molar-refractivity contribution in [3.8, 4) is 0 Å². The molecule has 18 heavy (non-hydrogen) atoms. The second kappa shape index (κ2) is 5.10. The minimum atomic E-state index is -0.244. The Morgan fingerprint density at radius 1 is 1.72 bits per heavy atom. The number of amides is 1. The van der Waals surface area contributed by atoms with Crippen LogP contribution in [0, 0.1) is 5.92 Å². The molecule has 100 valence electrons. The number of nitrogens with two attached hydrogens (primary N) is 1. The van der Waals surface area contributed by atoms with Gasteiger partial charge in [0.2, 0.25) is 0 Å². The topological polar surface area (TPSA) is 72.9 Å². The van der Waals surface area contributed by atoms with Crippen molar-refractivity contribution >= 4 is 5.91 Å². The Hall–Kier alpha value is -1.36. The van der Waals surface area contributed by atoms with Crippen LogP contribution in [-0.4, -0.2) is 27.5 Å². The van der Waals surface area contributed by atoms with Gasteiger partial charge < -0.3 is 15.6 Å². The molecule has 1 aromatic heterocycles. The van der Waals surface area contributed by atoms with E-state index in [0.29, 0.717) is 18.2 Å². The molecule has 1 fully saturated rings. The first-order valence-corrected chi connectivity index (χ1v) is 6.55.